The number of fused-ring (bicyclic) bond motifs is 9. The van der Waals surface area contributed by atoms with Gasteiger partial charge < -0.3 is 9.13 Å². The van der Waals surface area contributed by atoms with E-state index in [1.165, 1.54) is 120 Å². The average molecular weight is 863 g/mol. The van der Waals surface area contributed by atoms with E-state index >= 15 is 0 Å². The molecule has 0 aliphatic carbocycles. The van der Waals surface area contributed by atoms with E-state index < -0.39 is 0 Å². The standard InChI is InChI=1S/C66H42N2/c1-4-18-43(19-5-1)56-38-44-20-10-11-21-45(44)39-61(56)66-54-30-16-28-50(46-34-36-64-59(40-46)52-26-12-14-32-62(52)67(64)48-22-6-2-7-23-48)57(54)42-58-51(29-17-31-55(58)66)47-35-37-65-60(41-47)53-27-13-15-33-63(53)68(65)49-24-8-3-9-25-49/h1-42H. The first kappa shape index (κ1) is 38.3. The third kappa shape index (κ3) is 5.91. The molecule has 14 rings (SSSR count). The minimum absolute atomic E-state index is 1.16. The second-order valence-electron chi connectivity index (χ2n) is 18.0. The van der Waals surface area contributed by atoms with Crippen molar-refractivity contribution in [3.63, 3.8) is 0 Å². The smallest absolute Gasteiger partial charge is 0.0541 e. The second-order valence-corrected chi connectivity index (χ2v) is 18.0. The molecule has 0 saturated heterocycles. The molecule has 68 heavy (non-hydrogen) atoms. The van der Waals surface area contributed by atoms with Crippen LogP contribution in [0.4, 0.5) is 0 Å². The van der Waals surface area contributed by atoms with Crippen LogP contribution < -0.4 is 0 Å². The zero-order valence-corrected chi connectivity index (χ0v) is 37.1. The van der Waals surface area contributed by atoms with Crippen LogP contribution in [0.25, 0.3) is 132 Å². The zero-order chi connectivity index (χ0) is 44.7. The summed E-state index contributed by atoms with van der Waals surface area (Å²) < 4.78 is 4.79. The number of hydrogen-bond donors (Lipinski definition) is 0. The maximum atomic E-state index is 2.48. The lowest BCUT2D eigenvalue weighted by Crippen LogP contribution is -1.94. The van der Waals surface area contributed by atoms with Crippen LogP contribution in [-0.4, -0.2) is 9.13 Å². The molecular formula is C66H42N2. The van der Waals surface area contributed by atoms with Crippen molar-refractivity contribution in [3.05, 3.63) is 255 Å². The molecule has 0 fully saturated rings. The van der Waals surface area contributed by atoms with E-state index in [-0.39, 0.29) is 0 Å². The largest absolute Gasteiger partial charge is 0.309 e. The predicted molar refractivity (Wildman–Crippen MR) is 289 cm³/mol. The highest BCUT2D eigenvalue weighted by molar-refractivity contribution is 6.22. The number of rotatable bonds is 6. The molecule has 2 aromatic heterocycles. The van der Waals surface area contributed by atoms with Crippen LogP contribution in [-0.2, 0) is 0 Å². The molecule has 0 N–H and O–H groups in total. The van der Waals surface area contributed by atoms with Crippen LogP contribution in [0.5, 0.6) is 0 Å². The van der Waals surface area contributed by atoms with E-state index in [1.807, 2.05) is 0 Å². The highest BCUT2D eigenvalue weighted by Gasteiger charge is 2.21. The molecule has 14 aromatic rings. The molecule has 0 radical (unpaired) electrons. The molecule has 2 nitrogen and oxygen atoms in total. The van der Waals surface area contributed by atoms with Gasteiger partial charge in [-0.2, -0.15) is 0 Å². The molecule has 0 bridgehead atoms. The fraction of sp³-hybridized carbons (Fsp3) is 0. The van der Waals surface area contributed by atoms with Crippen molar-refractivity contribution in [2.45, 2.75) is 0 Å². The summed E-state index contributed by atoms with van der Waals surface area (Å²) in [6.45, 7) is 0. The molecule has 0 spiro atoms. The maximum absolute atomic E-state index is 2.48. The maximum Gasteiger partial charge on any atom is 0.0541 e. The monoisotopic (exact) mass is 862 g/mol. The van der Waals surface area contributed by atoms with Crippen molar-refractivity contribution < 1.29 is 0 Å². The molecule has 2 heterocycles. The van der Waals surface area contributed by atoms with Crippen LogP contribution in [0.1, 0.15) is 0 Å². The second kappa shape index (κ2) is 15.3. The van der Waals surface area contributed by atoms with Crippen LogP contribution in [0, 0.1) is 0 Å². The van der Waals surface area contributed by atoms with Gasteiger partial charge >= 0.3 is 0 Å². The number of nitrogens with zero attached hydrogens (tertiary/aromatic N) is 2. The summed E-state index contributed by atoms with van der Waals surface area (Å²) in [6, 6.07) is 94.1. The Labute approximate surface area is 393 Å². The Kier molecular flexibility index (Phi) is 8.62. The van der Waals surface area contributed by atoms with Crippen molar-refractivity contribution >= 4 is 75.9 Å². The van der Waals surface area contributed by atoms with Gasteiger partial charge in [-0.1, -0.05) is 176 Å². The SMILES string of the molecule is c1ccc(-c2cc3ccccc3cc2-c2c3cccc(-c4ccc5c(c4)c4ccccc4n5-c4ccccc4)c3cc3c(-c4ccc5c(c4)c4ccccc4n5-c4ccccc4)cccc23)cc1. The van der Waals surface area contributed by atoms with Crippen LogP contribution in [0.3, 0.4) is 0 Å². The Morgan fingerprint density at radius 3 is 1.13 bits per heavy atom. The van der Waals surface area contributed by atoms with Crippen molar-refractivity contribution in [2.75, 3.05) is 0 Å². The van der Waals surface area contributed by atoms with Crippen molar-refractivity contribution in [3.8, 4) is 55.9 Å². The fourth-order valence-corrected chi connectivity index (χ4v) is 11.3. The number of para-hydroxylation sites is 4. The Bertz CT molecular complexity index is 4080. The minimum Gasteiger partial charge on any atom is -0.309 e. The quantitative estimate of drug-likeness (QED) is 0.147. The average Bonchev–Trinajstić information content (AvgIpc) is 3.92. The van der Waals surface area contributed by atoms with Crippen molar-refractivity contribution in [2.24, 2.45) is 0 Å². The predicted octanol–water partition coefficient (Wildman–Crippen LogP) is 18.0. The Balaban J connectivity index is 1.08. The van der Waals surface area contributed by atoms with Gasteiger partial charge in [0.15, 0.2) is 0 Å². The van der Waals surface area contributed by atoms with Crippen LogP contribution in [0.15, 0.2) is 255 Å². The summed E-state index contributed by atoms with van der Waals surface area (Å²) in [5.74, 6) is 0. The lowest BCUT2D eigenvalue weighted by molar-refractivity contribution is 1.18. The highest BCUT2D eigenvalue weighted by Crippen LogP contribution is 2.48. The number of benzene rings is 12. The summed E-state index contributed by atoms with van der Waals surface area (Å²) in [4.78, 5) is 0. The van der Waals surface area contributed by atoms with Gasteiger partial charge in [0, 0.05) is 32.9 Å². The molecule has 12 aromatic carbocycles. The van der Waals surface area contributed by atoms with E-state index in [1.54, 1.807) is 0 Å². The first-order chi connectivity index (χ1) is 33.7. The van der Waals surface area contributed by atoms with E-state index in [0.717, 1.165) is 11.4 Å². The molecule has 0 amide bonds. The van der Waals surface area contributed by atoms with E-state index in [9.17, 15) is 0 Å². The van der Waals surface area contributed by atoms with Gasteiger partial charge in [0.05, 0.1) is 22.1 Å². The van der Waals surface area contributed by atoms with Gasteiger partial charge in [-0.25, -0.2) is 0 Å². The van der Waals surface area contributed by atoms with Gasteiger partial charge in [0.1, 0.15) is 0 Å². The molecule has 2 heteroatoms. The van der Waals surface area contributed by atoms with Crippen LogP contribution >= 0.6 is 0 Å². The number of aromatic nitrogens is 2. The molecule has 316 valence electrons. The van der Waals surface area contributed by atoms with Gasteiger partial charge in [-0.3, -0.25) is 0 Å². The summed E-state index contributed by atoms with van der Waals surface area (Å²) in [6.07, 6.45) is 0. The summed E-state index contributed by atoms with van der Waals surface area (Å²) in [7, 11) is 0. The summed E-state index contributed by atoms with van der Waals surface area (Å²) >= 11 is 0. The molecule has 0 aliphatic heterocycles. The Morgan fingerprint density at radius 2 is 0.618 bits per heavy atom. The Hall–Kier alpha value is -8.98. The first-order valence-electron chi connectivity index (χ1n) is 23.5. The minimum atomic E-state index is 1.16. The number of hydrogen-bond acceptors (Lipinski definition) is 0. The Morgan fingerprint density at radius 1 is 0.206 bits per heavy atom. The van der Waals surface area contributed by atoms with E-state index in [2.05, 4.69) is 264 Å². The third-order valence-corrected chi connectivity index (χ3v) is 14.3. The molecule has 0 atom stereocenters. The van der Waals surface area contributed by atoms with Gasteiger partial charge in [-0.05, 0) is 156 Å². The molecule has 0 unspecified atom stereocenters. The topological polar surface area (TPSA) is 9.86 Å². The van der Waals surface area contributed by atoms with Crippen molar-refractivity contribution in [1.82, 2.24) is 9.13 Å². The molecule has 0 saturated carbocycles. The van der Waals surface area contributed by atoms with Gasteiger partial charge in [0.2, 0.25) is 0 Å². The normalized spacial score (nSPS) is 11.8. The van der Waals surface area contributed by atoms with Gasteiger partial charge in [0.25, 0.3) is 0 Å². The lowest BCUT2D eigenvalue weighted by Gasteiger charge is -2.20. The lowest BCUT2D eigenvalue weighted by atomic mass is 9.83. The fourth-order valence-electron chi connectivity index (χ4n) is 11.3. The van der Waals surface area contributed by atoms with Crippen LogP contribution in [0.2, 0.25) is 0 Å². The molecular weight excluding hydrogens is 821 g/mol. The highest BCUT2D eigenvalue weighted by atomic mass is 15.0. The zero-order valence-electron chi connectivity index (χ0n) is 37.1. The van der Waals surface area contributed by atoms with E-state index in [4.69, 9.17) is 0 Å². The molecule has 0 aliphatic rings. The third-order valence-electron chi connectivity index (χ3n) is 14.3. The summed E-state index contributed by atoms with van der Waals surface area (Å²) in [5, 5.41) is 12.3. The van der Waals surface area contributed by atoms with Crippen molar-refractivity contribution in [1.29, 1.82) is 0 Å². The summed E-state index contributed by atoms with van der Waals surface area (Å²) in [5.41, 5.74) is 16.8. The first-order valence-corrected chi connectivity index (χ1v) is 23.5. The van der Waals surface area contributed by atoms with Gasteiger partial charge in [-0.15, -0.1) is 0 Å². The van der Waals surface area contributed by atoms with E-state index in [0.29, 0.717) is 0 Å².